The van der Waals surface area contributed by atoms with E-state index in [9.17, 15) is 9.59 Å². The first kappa shape index (κ1) is 19.1. The quantitative estimate of drug-likeness (QED) is 0.776. The maximum atomic E-state index is 12.0. The van der Waals surface area contributed by atoms with Crippen LogP contribution in [0.1, 0.15) is 41.0 Å². The van der Waals surface area contributed by atoms with Crippen molar-refractivity contribution in [2.45, 2.75) is 56.9 Å². The molecule has 0 aromatic carbocycles. The van der Waals surface area contributed by atoms with Crippen LogP contribution in [0.15, 0.2) is 0 Å². The van der Waals surface area contributed by atoms with Gasteiger partial charge >= 0.3 is 12.1 Å². The molecule has 1 amide bonds. The fourth-order valence-electron chi connectivity index (χ4n) is 2.19. The van der Waals surface area contributed by atoms with Crippen molar-refractivity contribution in [1.29, 1.82) is 0 Å². The summed E-state index contributed by atoms with van der Waals surface area (Å²) in [5, 5.41) is 12.5. The number of carboxylic acids is 1. The van der Waals surface area contributed by atoms with Crippen LogP contribution in [0.3, 0.4) is 0 Å². The largest absolute Gasteiger partial charge is 0.481 e. The summed E-state index contributed by atoms with van der Waals surface area (Å²) in [6.45, 7) is 11.0. The number of nitrogens with zero attached hydrogens (tertiary/aromatic N) is 1. The lowest BCUT2D eigenvalue weighted by Crippen LogP contribution is -2.72. The topological polar surface area (TPSA) is 78.9 Å². The average molecular weight is 332 g/mol. The number of amides is 1. The van der Waals surface area contributed by atoms with Gasteiger partial charge in [0.15, 0.2) is 0 Å². The summed E-state index contributed by atoms with van der Waals surface area (Å²) >= 11 is 1.72. The van der Waals surface area contributed by atoms with Crippen molar-refractivity contribution in [3.8, 4) is 0 Å². The Bertz CT molecular complexity index is 426. The van der Waals surface area contributed by atoms with E-state index in [4.69, 9.17) is 9.84 Å². The predicted octanol–water partition coefficient (Wildman–Crippen LogP) is 2.18. The highest BCUT2D eigenvalue weighted by molar-refractivity contribution is 7.99. The Morgan fingerprint density at radius 2 is 1.82 bits per heavy atom. The number of thioether (sulfide) groups is 1. The highest BCUT2D eigenvalue weighted by atomic mass is 32.2. The second-order valence-electron chi connectivity index (χ2n) is 7.50. The predicted molar refractivity (Wildman–Crippen MR) is 88.4 cm³/mol. The maximum Gasteiger partial charge on any atom is 0.410 e. The molecule has 1 rings (SSSR count). The first-order chi connectivity index (χ1) is 9.88. The van der Waals surface area contributed by atoms with E-state index in [0.29, 0.717) is 19.6 Å². The second-order valence-corrected chi connectivity index (χ2v) is 9.02. The molecule has 0 aromatic rings. The number of aliphatic carboxylic acids is 1. The number of ether oxygens (including phenoxy) is 1. The molecule has 6 nitrogen and oxygen atoms in total. The molecule has 0 aromatic heterocycles. The second kappa shape index (κ2) is 6.66. The van der Waals surface area contributed by atoms with Crippen LogP contribution in [0.4, 0.5) is 4.79 Å². The number of rotatable bonds is 6. The van der Waals surface area contributed by atoms with Crippen LogP contribution in [0.2, 0.25) is 0 Å². The molecule has 0 radical (unpaired) electrons. The van der Waals surface area contributed by atoms with Gasteiger partial charge in [0.25, 0.3) is 0 Å². The molecule has 0 bridgehead atoms. The monoisotopic (exact) mass is 332 g/mol. The fraction of sp³-hybridized carbons (Fsp3) is 0.867. The number of likely N-dealkylation sites (tertiary alicyclic amines) is 1. The average Bonchev–Trinajstić information content (AvgIpc) is 2.29. The van der Waals surface area contributed by atoms with E-state index in [1.54, 1.807) is 16.7 Å². The third kappa shape index (κ3) is 5.68. The minimum atomic E-state index is -0.863. The molecule has 7 heteroatoms. The maximum absolute atomic E-state index is 12.0. The normalized spacial score (nSPS) is 17.8. The van der Waals surface area contributed by atoms with Crippen LogP contribution in [0.25, 0.3) is 0 Å². The molecule has 1 fully saturated rings. The number of hydrogen-bond donors (Lipinski definition) is 2. The summed E-state index contributed by atoms with van der Waals surface area (Å²) in [6, 6.07) is 0. The first-order valence-corrected chi connectivity index (χ1v) is 8.60. The first-order valence-electron chi connectivity index (χ1n) is 7.38. The van der Waals surface area contributed by atoms with Crippen LogP contribution in [-0.4, -0.2) is 63.8 Å². The third-order valence-corrected chi connectivity index (χ3v) is 4.82. The van der Waals surface area contributed by atoms with Crippen LogP contribution in [-0.2, 0) is 9.53 Å². The van der Waals surface area contributed by atoms with Gasteiger partial charge in [0.2, 0.25) is 0 Å². The van der Waals surface area contributed by atoms with Gasteiger partial charge in [-0.2, -0.15) is 11.8 Å². The lowest BCUT2D eigenvalue weighted by atomic mass is 9.86. The molecule has 1 aliphatic heterocycles. The van der Waals surface area contributed by atoms with E-state index in [0.717, 1.165) is 0 Å². The minimum absolute atomic E-state index is 0.00322. The molecule has 0 unspecified atom stereocenters. The van der Waals surface area contributed by atoms with Gasteiger partial charge < -0.3 is 20.1 Å². The van der Waals surface area contributed by atoms with Crippen molar-refractivity contribution in [3.05, 3.63) is 0 Å². The van der Waals surface area contributed by atoms with Crippen LogP contribution in [0, 0.1) is 0 Å². The van der Waals surface area contributed by atoms with Crippen molar-refractivity contribution >= 4 is 23.8 Å². The Morgan fingerprint density at radius 1 is 1.27 bits per heavy atom. The van der Waals surface area contributed by atoms with Gasteiger partial charge in [0.1, 0.15) is 5.60 Å². The van der Waals surface area contributed by atoms with Crippen molar-refractivity contribution in [3.63, 3.8) is 0 Å². The van der Waals surface area contributed by atoms with Crippen LogP contribution < -0.4 is 5.32 Å². The smallest absolute Gasteiger partial charge is 0.410 e. The highest BCUT2D eigenvalue weighted by Gasteiger charge is 2.48. The molecule has 0 aliphatic carbocycles. The molecule has 128 valence electrons. The third-order valence-electron chi connectivity index (χ3n) is 3.57. The van der Waals surface area contributed by atoms with Crippen molar-refractivity contribution < 1.29 is 19.4 Å². The molecule has 1 saturated heterocycles. The highest BCUT2D eigenvalue weighted by Crippen LogP contribution is 2.29. The van der Waals surface area contributed by atoms with E-state index in [-0.39, 0.29) is 17.3 Å². The van der Waals surface area contributed by atoms with Crippen LogP contribution in [0.5, 0.6) is 0 Å². The van der Waals surface area contributed by atoms with Gasteiger partial charge in [-0.3, -0.25) is 4.79 Å². The van der Waals surface area contributed by atoms with Crippen molar-refractivity contribution in [2.24, 2.45) is 0 Å². The van der Waals surface area contributed by atoms with Gasteiger partial charge in [-0.15, -0.1) is 0 Å². The zero-order chi connectivity index (χ0) is 17.2. The Morgan fingerprint density at radius 3 is 2.23 bits per heavy atom. The van der Waals surface area contributed by atoms with Crippen LogP contribution >= 0.6 is 11.8 Å². The van der Waals surface area contributed by atoms with E-state index in [1.165, 1.54) is 0 Å². The fourth-order valence-corrected chi connectivity index (χ4v) is 2.40. The Labute approximate surface area is 137 Å². The number of carbonyl (C=O) groups is 2. The molecular formula is C15H28N2O4S. The SMILES string of the molecule is CSC(C)(C)CNC1(CC(=O)O)CN(C(=O)OC(C)(C)C)C1. The lowest BCUT2D eigenvalue weighted by Gasteiger charge is -2.50. The Hall–Kier alpha value is -0.950. The van der Waals surface area contributed by atoms with Gasteiger partial charge in [-0.1, -0.05) is 0 Å². The molecule has 1 aliphatic rings. The number of hydrogen-bond acceptors (Lipinski definition) is 5. The van der Waals surface area contributed by atoms with E-state index < -0.39 is 17.1 Å². The molecule has 2 N–H and O–H groups in total. The summed E-state index contributed by atoms with van der Waals surface area (Å²) in [7, 11) is 0. The molecular weight excluding hydrogens is 304 g/mol. The van der Waals surface area contributed by atoms with Gasteiger partial charge in [0.05, 0.1) is 12.0 Å². The van der Waals surface area contributed by atoms with Crippen molar-refractivity contribution in [2.75, 3.05) is 25.9 Å². The summed E-state index contributed by atoms with van der Waals surface area (Å²) in [4.78, 5) is 24.7. The molecule has 1 heterocycles. The summed E-state index contributed by atoms with van der Waals surface area (Å²) in [5.74, 6) is -0.863. The Balaban J connectivity index is 2.63. The van der Waals surface area contributed by atoms with E-state index >= 15 is 0 Å². The summed E-state index contributed by atoms with van der Waals surface area (Å²) in [6.07, 6.45) is 1.63. The molecule has 22 heavy (non-hydrogen) atoms. The number of carbonyl (C=O) groups excluding carboxylic acids is 1. The zero-order valence-corrected chi connectivity index (χ0v) is 15.2. The number of nitrogens with one attached hydrogen (secondary N) is 1. The van der Waals surface area contributed by atoms with E-state index in [1.807, 2.05) is 27.0 Å². The number of carboxylic acid groups (broad SMARTS) is 1. The summed E-state index contributed by atoms with van der Waals surface area (Å²) in [5.41, 5.74) is -1.11. The van der Waals surface area contributed by atoms with Gasteiger partial charge in [-0.05, 0) is 40.9 Å². The molecule has 0 saturated carbocycles. The standard InChI is InChI=1S/C15H28N2O4S/c1-13(2,3)21-12(20)17-9-15(10-17,7-11(18)19)16-8-14(4,5)22-6/h16H,7-10H2,1-6H3,(H,18,19). The minimum Gasteiger partial charge on any atom is -0.481 e. The zero-order valence-electron chi connectivity index (χ0n) is 14.4. The van der Waals surface area contributed by atoms with Gasteiger partial charge in [-0.25, -0.2) is 4.79 Å². The van der Waals surface area contributed by atoms with E-state index in [2.05, 4.69) is 19.2 Å². The summed E-state index contributed by atoms with van der Waals surface area (Å²) < 4.78 is 5.33. The van der Waals surface area contributed by atoms with Crippen molar-refractivity contribution in [1.82, 2.24) is 10.2 Å². The molecule has 0 spiro atoms. The van der Waals surface area contributed by atoms with Gasteiger partial charge in [0, 0.05) is 24.4 Å². The molecule has 0 atom stereocenters. The Kier molecular flexibility index (Phi) is 5.78. The lowest BCUT2D eigenvalue weighted by molar-refractivity contribution is -0.141.